The van der Waals surface area contributed by atoms with E-state index in [4.69, 9.17) is 23.2 Å². The van der Waals surface area contributed by atoms with Gasteiger partial charge < -0.3 is 15.1 Å². The minimum atomic E-state index is -0.510. The van der Waals surface area contributed by atoms with E-state index in [2.05, 4.69) is 5.32 Å². The number of hydrogen-bond acceptors (Lipinski definition) is 3. The molecule has 8 heteroatoms. The van der Waals surface area contributed by atoms with Crippen LogP contribution in [-0.4, -0.2) is 42.8 Å². The van der Waals surface area contributed by atoms with Crippen molar-refractivity contribution >= 4 is 52.3 Å². The lowest BCUT2D eigenvalue weighted by molar-refractivity contribution is -0.137. The van der Waals surface area contributed by atoms with Crippen molar-refractivity contribution < 1.29 is 14.4 Å². The van der Waals surface area contributed by atoms with Gasteiger partial charge in [0, 0.05) is 30.7 Å². The van der Waals surface area contributed by atoms with Crippen LogP contribution < -0.4 is 10.2 Å². The zero-order chi connectivity index (χ0) is 20.3. The third-order valence-electron chi connectivity index (χ3n) is 4.50. The van der Waals surface area contributed by atoms with Gasteiger partial charge in [0.15, 0.2) is 0 Å². The Hall–Kier alpha value is -2.57. The lowest BCUT2D eigenvalue weighted by atomic mass is 10.1. The minimum Gasteiger partial charge on any atom is -0.336 e. The predicted molar refractivity (Wildman–Crippen MR) is 110 cm³/mol. The molecule has 146 valence electrons. The van der Waals surface area contributed by atoms with Gasteiger partial charge in [-0.05, 0) is 30.3 Å². The molecule has 1 aliphatic heterocycles. The van der Waals surface area contributed by atoms with Gasteiger partial charge in [-0.2, -0.15) is 0 Å². The maximum atomic E-state index is 12.7. The van der Waals surface area contributed by atoms with Crippen LogP contribution in [0.4, 0.5) is 11.4 Å². The average Bonchev–Trinajstić information content (AvgIpc) is 3.04. The number of nitrogens with one attached hydrogen (secondary N) is 1. The van der Waals surface area contributed by atoms with Crippen LogP contribution in [0.5, 0.6) is 0 Å². The SMILES string of the molecule is CN(CC(=O)Nc1ccccc1Cl)C(=O)C1CC(=O)N(c2cccc(Cl)c2)C1. The zero-order valence-electron chi connectivity index (χ0n) is 15.2. The van der Waals surface area contributed by atoms with Crippen molar-refractivity contribution in [2.24, 2.45) is 5.92 Å². The number of nitrogens with zero attached hydrogens (tertiary/aromatic N) is 2. The van der Waals surface area contributed by atoms with E-state index in [-0.39, 0.29) is 37.2 Å². The fourth-order valence-corrected chi connectivity index (χ4v) is 3.49. The molecule has 1 atom stereocenters. The predicted octanol–water partition coefficient (Wildman–Crippen LogP) is 3.44. The fourth-order valence-electron chi connectivity index (χ4n) is 3.12. The minimum absolute atomic E-state index is 0.0990. The van der Waals surface area contributed by atoms with E-state index in [0.29, 0.717) is 21.4 Å². The monoisotopic (exact) mass is 419 g/mol. The highest BCUT2D eigenvalue weighted by Crippen LogP contribution is 2.28. The first-order valence-electron chi connectivity index (χ1n) is 8.70. The molecule has 1 N–H and O–H groups in total. The van der Waals surface area contributed by atoms with E-state index < -0.39 is 5.92 Å². The number of rotatable bonds is 5. The number of carbonyl (C=O) groups excluding carboxylic acids is 3. The van der Waals surface area contributed by atoms with Crippen LogP contribution in [0.15, 0.2) is 48.5 Å². The number of halogens is 2. The van der Waals surface area contributed by atoms with Crippen molar-refractivity contribution in [3.63, 3.8) is 0 Å². The summed E-state index contributed by atoms with van der Waals surface area (Å²) >= 11 is 12.0. The van der Waals surface area contributed by atoms with Crippen molar-refractivity contribution in [1.82, 2.24) is 4.90 Å². The Morgan fingerprint density at radius 1 is 1.18 bits per heavy atom. The normalized spacial score (nSPS) is 16.2. The Kier molecular flexibility index (Phi) is 6.21. The van der Waals surface area contributed by atoms with Gasteiger partial charge >= 0.3 is 0 Å². The second kappa shape index (κ2) is 8.63. The molecule has 2 aromatic carbocycles. The summed E-state index contributed by atoms with van der Waals surface area (Å²) in [7, 11) is 1.54. The van der Waals surface area contributed by atoms with Gasteiger partial charge in [-0.15, -0.1) is 0 Å². The van der Waals surface area contributed by atoms with Crippen molar-refractivity contribution in [1.29, 1.82) is 0 Å². The molecule has 1 heterocycles. The van der Waals surface area contributed by atoms with Gasteiger partial charge in [-0.3, -0.25) is 14.4 Å². The van der Waals surface area contributed by atoms with Crippen LogP contribution in [0.25, 0.3) is 0 Å². The maximum Gasteiger partial charge on any atom is 0.244 e. The fraction of sp³-hybridized carbons (Fsp3) is 0.250. The van der Waals surface area contributed by atoms with E-state index >= 15 is 0 Å². The zero-order valence-corrected chi connectivity index (χ0v) is 16.7. The first-order valence-corrected chi connectivity index (χ1v) is 9.46. The molecule has 0 bridgehead atoms. The van der Waals surface area contributed by atoms with Gasteiger partial charge in [0.25, 0.3) is 0 Å². The molecule has 3 amide bonds. The summed E-state index contributed by atoms with van der Waals surface area (Å²) in [5, 5.41) is 3.62. The van der Waals surface area contributed by atoms with Crippen molar-refractivity contribution in [2.45, 2.75) is 6.42 Å². The molecule has 28 heavy (non-hydrogen) atoms. The average molecular weight is 420 g/mol. The van der Waals surface area contributed by atoms with Crippen LogP contribution >= 0.6 is 23.2 Å². The summed E-state index contributed by atoms with van der Waals surface area (Å²) in [6.45, 7) is 0.125. The number of carbonyl (C=O) groups is 3. The molecule has 1 fully saturated rings. The van der Waals surface area contributed by atoms with E-state index in [9.17, 15) is 14.4 Å². The van der Waals surface area contributed by atoms with Gasteiger partial charge in [0.2, 0.25) is 17.7 Å². The summed E-state index contributed by atoms with van der Waals surface area (Å²) < 4.78 is 0. The largest absolute Gasteiger partial charge is 0.336 e. The van der Waals surface area contributed by atoms with E-state index in [1.165, 1.54) is 4.90 Å². The van der Waals surface area contributed by atoms with Crippen LogP contribution in [0.2, 0.25) is 10.0 Å². The molecule has 1 aliphatic rings. The maximum absolute atomic E-state index is 12.7. The highest BCUT2D eigenvalue weighted by molar-refractivity contribution is 6.33. The standard InChI is InChI=1S/C20H19Cl2N3O3/c1-24(12-18(26)23-17-8-3-2-7-16(17)22)20(28)13-9-19(27)25(11-13)15-6-4-5-14(21)10-15/h2-8,10,13H,9,11-12H2,1H3,(H,23,26). The number of para-hydroxylation sites is 1. The lowest BCUT2D eigenvalue weighted by Gasteiger charge is -2.21. The number of benzene rings is 2. The second-order valence-electron chi connectivity index (χ2n) is 6.61. The molecule has 0 radical (unpaired) electrons. The number of anilines is 2. The summed E-state index contributed by atoms with van der Waals surface area (Å²) in [6, 6.07) is 13.8. The Balaban J connectivity index is 1.60. The molecule has 3 rings (SSSR count). The quantitative estimate of drug-likeness (QED) is 0.806. The third-order valence-corrected chi connectivity index (χ3v) is 5.06. The van der Waals surface area contributed by atoms with Crippen LogP contribution in [0, 0.1) is 5.92 Å². The number of amides is 3. The summed E-state index contributed by atoms with van der Waals surface area (Å²) in [5.41, 5.74) is 1.14. The second-order valence-corrected chi connectivity index (χ2v) is 7.45. The lowest BCUT2D eigenvalue weighted by Crippen LogP contribution is -2.39. The van der Waals surface area contributed by atoms with Gasteiger partial charge in [-0.1, -0.05) is 41.4 Å². The smallest absolute Gasteiger partial charge is 0.244 e. The molecule has 2 aromatic rings. The van der Waals surface area contributed by atoms with Crippen molar-refractivity contribution in [3.8, 4) is 0 Å². The summed E-state index contributed by atoms with van der Waals surface area (Å²) in [6.07, 6.45) is 0.0990. The van der Waals surface area contributed by atoms with Crippen LogP contribution in [-0.2, 0) is 14.4 Å². The molecule has 0 aliphatic carbocycles. The molecular formula is C20H19Cl2N3O3. The van der Waals surface area contributed by atoms with Crippen molar-refractivity contribution in [3.05, 3.63) is 58.6 Å². The Morgan fingerprint density at radius 2 is 1.93 bits per heavy atom. The van der Waals surface area contributed by atoms with Gasteiger partial charge in [0.1, 0.15) is 0 Å². The van der Waals surface area contributed by atoms with E-state index in [1.54, 1.807) is 60.5 Å². The Morgan fingerprint density at radius 3 is 2.64 bits per heavy atom. The highest BCUT2D eigenvalue weighted by Gasteiger charge is 2.36. The van der Waals surface area contributed by atoms with Crippen LogP contribution in [0.3, 0.4) is 0 Å². The summed E-state index contributed by atoms with van der Waals surface area (Å²) in [5.74, 6) is -1.27. The topological polar surface area (TPSA) is 69.7 Å². The molecule has 1 saturated heterocycles. The Labute approximate surface area is 173 Å². The van der Waals surface area contributed by atoms with Crippen LogP contribution in [0.1, 0.15) is 6.42 Å². The first-order chi connectivity index (χ1) is 13.3. The first kappa shape index (κ1) is 20.2. The number of likely N-dealkylation sites (N-methyl/N-ethyl adjacent to an activating group) is 1. The van der Waals surface area contributed by atoms with Gasteiger partial charge in [0.05, 0.1) is 23.2 Å². The molecule has 0 aromatic heterocycles. The Bertz CT molecular complexity index is 919. The highest BCUT2D eigenvalue weighted by atomic mass is 35.5. The van der Waals surface area contributed by atoms with Crippen molar-refractivity contribution in [2.75, 3.05) is 30.4 Å². The van der Waals surface area contributed by atoms with E-state index in [1.807, 2.05) is 0 Å². The van der Waals surface area contributed by atoms with E-state index in [0.717, 1.165) is 0 Å². The number of hydrogen-bond donors (Lipinski definition) is 1. The molecular weight excluding hydrogens is 401 g/mol. The van der Waals surface area contributed by atoms with Gasteiger partial charge in [-0.25, -0.2) is 0 Å². The molecule has 0 spiro atoms. The third kappa shape index (κ3) is 4.64. The molecule has 6 nitrogen and oxygen atoms in total. The molecule has 1 unspecified atom stereocenters. The molecule has 0 saturated carbocycles. The summed E-state index contributed by atoms with van der Waals surface area (Å²) in [4.78, 5) is 40.1.